The zero-order valence-electron chi connectivity index (χ0n) is 12.1. The third-order valence-electron chi connectivity index (χ3n) is 3.08. The lowest BCUT2D eigenvalue weighted by Gasteiger charge is -2.10. The van der Waals surface area contributed by atoms with Crippen molar-refractivity contribution in [2.24, 2.45) is 0 Å². The maximum atomic E-state index is 11.8. The minimum Gasteiger partial charge on any atom is -0.507 e. The maximum absolute atomic E-state index is 11.8. The maximum Gasteiger partial charge on any atom is 0.350 e. The second-order valence-corrected chi connectivity index (χ2v) is 4.64. The van der Waals surface area contributed by atoms with Gasteiger partial charge in [0.1, 0.15) is 17.1 Å². The first-order valence-electron chi connectivity index (χ1n) is 6.76. The van der Waals surface area contributed by atoms with Crippen molar-refractivity contribution in [3.8, 4) is 5.75 Å². The Morgan fingerprint density at radius 2 is 2.24 bits per heavy atom. The Morgan fingerprint density at radius 3 is 2.81 bits per heavy atom. The summed E-state index contributed by atoms with van der Waals surface area (Å²) in [4.78, 5) is 33.4. The molecule has 0 radical (unpaired) electrons. The fourth-order valence-electron chi connectivity index (χ4n) is 1.85. The number of aromatic hydroxyl groups is 1. The molecule has 0 spiro atoms. The molecule has 1 amide bonds. The Hall–Kier alpha value is -2.37. The average molecular weight is 293 g/mol. The van der Waals surface area contributed by atoms with Crippen LogP contribution in [-0.4, -0.2) is 17.3 Å². The Balaban J connectivity index is 2.83. The number of hydrogen-bond donors (Lipinski definition) is 2. The molecule has 1 rings (SSSR count). The number of nitrogens with one attached hydrogen (secondary N) is 1. The molecular formula is C15H19NO5. The summed E-state index contributed by atoms with van der Waals surface area (Å²) >= 11 is 0. The molecule has 1 aromatic heterocycles. The van der Waals surface area contributed by atoms with E-state index < -0.39 is 11.4 Å². The van der Waals surface area contributed by atoms with Crippen molar-refractivity contribution >= 4 is 12.2 Å². The molecule has 0 aliphatic rings. The fraction of sp³-hybridized carbons (Fsp3) is 0.400. The van der Waals surface area contributed by atoms with Gasteiger partial charge in [-0.25, -0.2) is 4.79 Å². The van der Waals surface area contributed by atoms with Crippen molar-refractivity contribution in [1.82, 2.24) is 5.32 Å². The number of ketones is 1. The van der Waals surface area contributed by atoms with Crippen molar-refractivity contribution < 1.29 is 19.1 Å². The number of carbonyl (C=O) groups is 2. The van der Waals surface area contributed by atoms with Gasteiger partial charge in [0.15, 0.2) is 5.78 Å². The van der Waals surface area contributed by atoms with Crippen LogP contribution in [0.25, 0.3) is 0 Å². The first-order valence-corrected chi connectivity index (χ1v) is 6.76. The smallest absolute Gasteiger partial charge is 0.350 e. The molecule has 114 valence electrons. The van der Waals surface area contributed by atoms with Gasteiger partial charge in [-0.15, -0.1) is 0 Å². The Kier molecular flexibility index (Phi) is 6.39. The lowest BCUT2D eigenvalue weighted by molar-refractivity contribution is -0.108. The first-order chi connectivity index (χ1) is 10.0. The van der Waals surface area contributed by atoms with Crippen LogP contribution < -0.4 is 10.9 Å². The van der Waals surface area contributed by atoms with Crippen molar-refractivity contribution in [1.29, 1.82) is 0 Å². The van der Waals surface area contributed by atoms with E-state index in [1.165, 1.54) is 12.3 Å². The molecule has 0 fully saturated rings. The molecule has 0 saturated carbocycles. The molecule has 1 heterocycles. The van der Waals surface area contributed by atoms with Crippen LogP contribution in [0.5, 0.6) is 5.75 Å². The highest BCUT2D eigenvalue weighted by Crippen LogP contribution is 2.25. The summed E-state index contributed by atoms with van der Waals surface area (Å²) in [5.74, 6) is -0.543. The van der Waals surface area contributed by atoms with E-state index in [2.05, 4.69) is 5.32 Å². The number of Topliss-reactive ketones (excluding diaryl/α,β-unsaturated/α-hetero) is 1. The van der Waals surface area contributed by atoms with Gasteiger partial charge in [0.25, 0.3) is 0 Å². The third kappa shape index (κ3) is 4.59. The van der Waals surface area contributed by atoms with Gasteiger partial charge < -0.3 is 14.8 Å². The monoisotopic (exact) mass is 293 g/mol. The van der Waals surface area contributed by atoms with Gasteiger partial charge in [-0.05, 0) is 19.0 Å². The summed E-state index contributed by atoms with van der Waals surface area (Å²) in [6.45, 7) is 3.46. The normalized spacial score (nSPS) is 12.3. The summed E-state index contributed by atoms with van der Waals surface area (Å²) in [7, 11) is 0. The van der Waals surface area contributed by atoms with Gasteiger partial charge in [0.2, 0.25) is 6.41 Å². The highest BCUT2D eigenvalue weighted by Gasteiger charge is 2.19. The summed E-state index contributed by atoms with van der Waals surface area (Å²) in [6.07, 6.45) is 5.33. The van der Waals surface area contributed by atoms with Crippen molar-refractivity contribution in [2.75, 3.05) is 0 Å². The minimum absolute atomic E-state index is 0.102. The van der Waals surface area contributed by atoms with E-state index in [0.29, 0.717) is 25.0 Å². The van der Waals surface area contributed by atoms with Crippen LogP contribution in [0.1, 0.15) is 55.1 Å². The number of allylic oxidation sites excluding steroid dienone is 1. The third-order valence-corrected chi connectivity index (χ3v) is 3.08. The summed E-state index contributed by atoms with van der Waals surface area (Å²) in [5, 5.41) is 12.2. The van der Waals surface area contributed by atoms with E-state index >= 15 is 0 Å². The lowest BCUT2D eigenvalue weighted by atomic mass is 10.0. The van der Waals surface area contributed by atoms with Crippen molar-refractivity contribution in [3.05, 3.63) is 40.1 Å². The quantitative estimate of drug-likeness (QED) is 0.565. The molecule has 0 saturated heterocycles. The minimum atomic E-state index is -0.804. The fourth-order valence-corrected chi connectivity index (χ4v) is 1.85. The second-order valence-electron chi connectivity index (χ2n) is 4.64. The van der Waals surface area contributed by atoms with E-state index in [0.717, 1.165) is 0 Å². The van der Waals surface area contributed by atoms with Crippen LogP contribution in [0, 0.1) is 0 Å². The number of carbonyl (C=O) groups excluding carboxylic acids is 2. The molecular weight excluding hydrogens is 274 g/mol. The zero-order valence-corrected chi connectivity index (χ0v) is 12.1. The van der Waals surface area contributed by atoms with Crippen LogP contribution in [0.4, 0.5) is 0 Å². The van der Waals surface area contributed by atoms with E-state index in [1.807, 2.05) is 6.92 Å². The molecule has 0 aliphatic heterocycles. The topological polar surface area (TPSA) is 96.6 Å². The van der Waals surface area contributed by atoms with Crippen molar-refractivity contribution in [2.45, 2.75) is 39.0 Å². The predicted molar refractivity (Wildman–Crippen MR) is 77.3 cm³/mol. The van der Waals surface area contributed by atoms with Crippen LogP contribution in [0.15, 0.2) is 27.6 Å². The molecule has 1 atom stereocenters. The van der Waals surface area contributed by atoms with Crippen LogP contribution >= 0.6 is 0 Å². The molecule has 1 unspecified atom stereocenters. The molecule has 2 N–H and O–H groups in total. The average Bonchev–Trinajstić information content (AvgIpc) is 2.45. The number of rotatable bonds is 8. The first kappa shape index (κ1) is 16.7. The highest BCUT2D eigenvalue weighted by atomic mass is 16.4. The van der Waals surface area contributed by atoms with Gasteiger partial charge in [0.05, 0.1) is 0 Å². The molecule has 6 heteroatoms. The molecule has 1 aromatic rings. The Bertz CT molecular complexity index is 588. The van der Waals surface area contributed by atoms with Crippen molar-refractivity contribution in [3.63, 3.8) is 0 Å². The van der Waals surface area contributed by atoms with Crippen LogP contribution in [0.3, 0.4) is 0 Å². The molecule has 0 bridgehead atoms. The van der Waals surface area contributed by atoms with Gasteiger partial charge in [-0.3, -0.25) is 9.59 Å². The second kappa shape index (κ2) is 8.04. The highest BCUT2D eigenvalue weighted by molar-refractivity contribution is 5.97. The summed E-state index contributed by atoms with van der Waals surface area (Å²) in [5.41, 5.74) is -1.09. The molecule has 0 aromatic carbocycles. The van der Waals surface area contributed by atoms with Gasteiger partial charge in [-0.2, -0.15) is 0 Å². The van der Waals surface area contributed by atoms with Gasteiger partial charge in [-0.1, -0.05) is 19.9 Å². The van der Waals surface area contributed by atoms with Crippen LogP contribution in [-0.2, 0) is 4.79 Å². The lowest BCUT2D eigenvalue weighted by Crippen LogP contribution is -2.15. The summed E-state index contributed by atoms with van der Waals surface area (Å²) < 4.78 is 5.12. The largest absolute Gasteiger partial charge is 0.507 e. The standard InChI is InChI=1S/C15H19NO5/c1-3-11(18)14-12(19)8-13(21-15(14)20)10(2)6-4-5-7-16-9-17/h5,7-10,19H,3-4,6H2,1-2H3,(H,16,17)/b7-5+. The van der Waals surface area contributed by atoms with Gasteiger partial charge >= 0.3 is 5.63 Å². The van der Waals surface area contributed by atoms with Gasteiger partial charge in [0, 0.05) is 18.4 Å². The Labute approximate surface area is 122 Å². The van der Waals surface area contributed by atoms with E-state index in [-0.39, 0.29) is 23.7 Å². The zero-order chi connectivity index (χ0) is 15.8. The summed E-state index contributed by atoms with van der Waals surface area (Å²) in [6, 6.07) is 1.32. The molecule has 0 aliphatic carbocycles. The molecule has 6 nitrogen and oxygen atoms in total. The van der Waals surface area contributed by atoms with E-state index in [4.69, 9.17) is 4.42 Å². The Morgan fingerprint density at radius 1 is 1.52 bits per heavy atom. The SMILES string of the molecule is CCC(=O)c1c(O)cc(C(C)CC/C=C/NC=O)oc1=O. The van der Waals surface area contributed by atoms with Crippen LogP contribution in [0.2, 0.25) is 0 Å². The molecule has 21 heavy (non-hydrogen) atoms. The number of amides is 1. The van der Waals surface area contributed by atoms with E-state index in [1.54, 1.807) is 13.0 Å². The van der Waals surface area contributed by atoms with E-state index in [9.17, 15) is 19.5 Å². The predicted octanol–water partition coefficient (Wildman–Crippen LogP) is 2.08. The number of hydrogen-bond acceptors (Lipinski definition) is 5.